The Morgan fingerprint density at radius 3 is 2.57 bits per heavy atom. The first-order valence-electron chi connectivity index (χ1n) is 13.7. The SMILES string of the molecule is COc1cc(/C=c2\sc3n(c2=O)[C@@H](c2ccc(SC)cc2)C(C(=O)OC(C)C)=C(C)N=3)cc(Br)c1OCc1ccccc1Cl. The Kier molecular flexibility index (Phi) is 10.0. The van der Waals surface area contributed by atoms with Gasteiger partial charge in [0, 0.05) is 15.5 Å². The maximum Gasteiger partial charge on any atom is 0.338 e. The Balaban J connectivity index is 1.58. The van der Waals surface area contributed by atoms with Gasteiger partial charge in [-0.15, -0.1) is 11.8 Å². The lowest BCUT2D eigenvalue weighted by molar-refractivity contribution is -0.143. The van der Waals surface area contributed by atoms with Crippen LogP contribution < -0.4 is 24.4 Å². The number of rotatable bonds is 9. The van der Waals surface area contributed by atoms with E-state index in [-0.39, 0.29) is 18.3 Å². The topological polar surface area (TPSA) is 79.1 Å². The fourth-order valence-electron chi connectivity index (χ4n) is 4.84. The van der Waals surface area contributed by atoms with Crippen molar-refractivity contribution in [1.82, 2.24) is 4.57 Å². The zero-order valence-electron chi connectivity index (χ0n) is 24.7. The van der Waals surface area contributed by atoms with E-state index in [0.717, 1.165) is 21.6 Å². The van der Waals surface area contributed by atoms with Crippen LogP contribution in [-0.4, -0.2) is 30.0 Å². The molecule has 0 spiro atoms. The van der Waals surface area contributed by atoms with E-state index >= 15 is 0 Å². The maximum atomic E-state index is 14.0. The Bertz CT molecular complexity index is 1930. The monoisotopic (exact) mass is 712 g/mol. The summed E-state index contributed by atoms with van der Waals surface area (Å²) in [5.41, 5.74) is 2.97. The molecule has 3 aromatic carbocycles. The first-order valence-corrected chi connectivity index (χ1v) is 16.9. The molecule has 4 aromatic rings. The first kappa shape index (κ1) is 32.1. The predicted molar refractivity (Wildman–Crippen MR) is 180 cm³/mol. The average molecular weight is 714 g/mol. The third-order valence-electron chi connectivity index (χ3n) is 6.90. The van der Waals surface area contributed by atoms with Gasteiger partial charge >= 0.3 is 5.97 Å². The average Bonchev–Trinajstić information content (AvgIpc) is 3.29. The summed E-state index contributed by atoms with van der Waals surface area (Å²) >= 11 is 12.8. The van der Waals surface area contributed by atoms with E-state index < -0.39 is 12.0 Å². The van der Waals surface area contributed by atoms with Gasteiger partial charge in [0.15, 0.2) is 16.3 Å². The van der Waals surface area contributed by atoms with Crippen LogP contribution in [0.15, 0.2) is 91.1 Å². The number of fused-ring (bicyclic) bond motifs is 1. The number of hydrogen-bond donors (Lipinski definition) is 0. The number of methoxy groups -OCH3 is 1. The van der Waals surface area contributed by atoms with Crippen LogP contribution in [0.3, 0.4) is 0 Å². The third kappa shape index (κ3) is 6.68. The second-order valence-corrected chi connectivity index (χ2v) is 13.4. The standard InChI is InChI=1S/C33H30BrClN2O5S2/c1-18(2)42-32(39)28-19(3)36-33-37(29(28)21-10-12-23(43-5)13-11-21)31(38)27(44-33)16-20-14-24(34)30(26(15-20)40-4)41-17-22-8-6-7-9-25(22)35/h6-16,18,29H,17H2,1-5H3/b27-16-/t29-/m0/s1. The highest BCUT2D eigenvalue weighted by Crippen LogP contribution is 2.38. The van der Waals surface area contributed by atoms with Crippen molar-refractivity contribution in [3.05, 3.63) is 118 Å². The number of nitrogens with zero attached hydrogens (tertiary/aromatic N) is 2. The molecule has 0 fully saturated rings. The summed E-state index contributed by atoms with van der Waals surface area (Å²) in [6.45, 7) is 5.63. The summed E-state index contributed by atoms with van der Waals surface area (Å²) in [4.78, 5) is 33.7. The van der Waals surface area contributed by atoms with Crippen LogP contribution in [0, 0.1) is 0 Å². The first-order chi connectivity index (χ1) is 21.1. The Hall–Kier alpha value is -3.31. The number of aromatic nitrogens is 1. The number of halogens is 2. The number of carbonyl (C=O) groups excluding carboxylic acids is 1. The molecule has 0 radical (unpaired) electrons. The molecule has 1 aliphatic heterocycles. The predicted octanol–water partition coefficient (Wildman–Crippen LogP) is 6.91. The van der Waals surface area contributed by atoms with Crippen LogP contribution in [0.1, 0.15) is 43.5 Å². The molecule has 11 heteroatoms. The number of benzene rings is 3. The van der Waals surface area contributed by atoms with Gasteiger partial charge in [0.2, 0.25) is 0 Å². The number of esters is 1. The summed E-state index contributed by atoms with van der Waals surface area (Å²) in [5.74, 6) is 0.519. The second-order valence-electron chi connectivity index (χ2n) is 10.2. The lowest BCUT2D eigenvalue weighted by Crippen LogP contribution is -2.40. The lowest BCUT2D eigenvalue weighted by Gasteiger charge is -2.25. The minimum Gasteiger partial charge on any atom is -0.493 e. The van der Waals surface area contributed by atoms with Crippen LogP contribution in [0.5, 0.6) is 11.5 Å². The molecule has 0 bridgehead atoms. The minimum atomic E-state index is -0.683. The largest absolute Gasteiger partial charge is 0.493 e. The van der Waals surface area contributed by atoms with Gasteiger partial charge in [-0.25, -0.2) is 9.79 Å². The van der Waals surface area contributed by atoms with Gasteiger partial charge in [0.05, 0.1) is 39.5 Å². The molecule has 228 valence electrons. The molecule has 2 heterocycles. The molecule has 1 aromatic heterocycles. The second kappa shape index (κ2) is 13.8. The van der Waals surface area contributed by atoms with Crippen molar-refractivity contribution >= 4 is 62.7 Å². The van der Waals surface area contributed by atoms with Crippen molar-refractivity contribution in [2.75, 3.05) is 13.4 Å². The van der Waals surface area contributed by atoms with Crippen LogP contribution in [0.4, 0.5) is 0 Å². The van der Waals surface area contributed by atoms with Crippen molar-refractivity contribution in [2.24, 2.45) is 4.99 Å². The molecule has 0 saturated carbocycles. The minimum absolute atomic E-state index is 0.255. The molecule has 0 N–H and O–H groups in total. The van der Waals surface area contributed by atoms with Crippen LogP contribution in [0.25, 0.3) is 6.08 Å². The van der Waals surface area contributed by atoms with Crippen molar-refractivity contribution in [3.8, 4) is 11.5 Å². The molecule has 0 saturated heterocycles. The highest BCUT2D eigenvalue weighted by molar-refractivity contribution is 9.10. The lowest BCUT2D eigenvalue weighted by atomic mass is 9.96. The van der Waals surface area contributed by atoms with Crippen LogP contribution >= 0.6 is 50.6 Å². The van der Waals surface area contributed by atoms with Gasteiger partial charge in [0.1, 0.15) is 6.61 Å². The maximum absolute atomic E-state index is 14.0. The number of allylic oxidation sites excluding steroid dienone is 1. The van der Waals surface area contributed by atoms with Crippen molar-refractivity contribution in [2.45, 2.75) is 44.4 Å². The van der Waals surface area contributed by atoms with E-state index in [1.165, 1.54) is 11.3 Å². The third-order valence-corrected chi connectivity index (χ3v) is 9.58. The van der Waals surface area contributed by atoms with E-state index in [1.54, 1.807) is 56.4 Å². The number of ether oxygens (including phenoxy) is 3. The summed E-state index contributed by atoms with van der Waals surface area (Å²) in [6.07, 6.45) is 3.46. The van der Waals surface area contributed by atoms with Gasteiger partial charge in [-0.3, -0.25) is 9.36 Å². The van der Waals surface area contributed by atoms with Gasteiger partial charge < -0.3 is 14.2 Å². The zero-order chi connectivity index (χ0) is 31.5. The number of carbonyl (C=O) groups is 1. The van der Waals surface area contributed by atoms with Gasteiger partial charge in [-0.1, -0.05) is 53.3 Å². The molecule has 1 atom stereocenters. The molecule has 0 unspecified atom stereocenters. The zero-order valence-corrected chi connectivity index (χ0v) is 28.7. The molecule has 1 aliphatic rings. The van der Waals surface area contributed by atoms with Crippen molar-refractivity contribution in [1.29, 1.82) is 0 Å². The summed E-state index contributed by atoms with van der Waals surface area (Å²) in [6, 6.07) is 18.3. The Morgan fingerprint density at radius 1 is 1.18 bits per heavy atom. The fourth-order valence-corrected chi connectivity index (χ4v) is 7.06. The number of thiazole rings is 1. The fraction of sp³-hybridized carbons (Fsp3) is 0.242. The molecule has 0 aliphatic carbocycles. The number of thioether (sulfide) groups is 1. The highest BCUT2D eigenvalue weighted by Gasteiger charge is 2.33. The molecule has 44 heavy (non-hydrogen) atoms. The quantitative estimate of drug-likeness (QED) is 0.139. The van der Waals surface area contributed by atoms with E-state index in [0.29, 0.717) is 41.6 Å². The molecule has 5 rings (SSSR count). The number of hydrogen-bond acceptors (Lipinski definition) is 8. The molecule has 7 nitrogen and oxygen atoms in total. The van der Waals surface area contributed by atoms with E-state index in [4.69, 9.17) is 25.8 Å². The molecular weight excluding hydrogens is 684 g/mol. The van der Waals surface area contributed by atoms with Gasteiger partial charge in [-0.2, -0.15) is 0 Å². The van der Waals surface area contributed by atoms with E-state index in [2.05, 4.69) is 20.9 Å². The molecular formula is C33H30BrClN2O5S2. The van der Waals surface area contributed by atoms with Gasteiger partial charge in [0.25, 0.3) is 5.56 Å². The summed E-state index contributed by atoms with van der Waals surface area (Å²) in [5, 5.41) is 0.615. The normalized spacial score (nSPS) is 14.8. The Labute approximate surface area is 277 Å². The van der Waals surface area contributed by atoms with Gasteiger partial charge in [-0.05, 0) is 90.5 Å². The van der Waals surface area contributed by atoms with Crippen LogP contribution in [-0.2, 0) is 16.1 Å². The summed E-state index contributed by atoms with van der Waals surface area (Å²) in [7, 11) is 1.56. The van der Waals surface area contributed by atoms with E-state index in [1.807, 2.05) is 60.9 Å². The smallest absolute Gasteiger partial charge is 0.338 e. The van der Waals surface area contributed by atoms with E-state index in [9.17, 15) is 9.59 Å². The molecule has 0 amide bonds. The summed E-state index contributed by atoms with van der Waals surface area (Å²) < 4.78 is 20.0. The van der Waals surface area contributed by atoms with Crippen molar-refractivity contribution in [3.63, 3.8) is 0 Å². The van der Waals surface area contributed by atoms with Crippen molar-refractivity contribution < 1.29 is 19.0 Å². The highest BCUT2D eigenvalue weighted by atomic mass is 79.9. The van der Waals surface area contributed by atoms with Crippen LogP contribution in [0.2, 0.25) is 5.02 Å². The Morgan fingerprint density at radius 2 is 1.91 bits per heavy atom.